The summed E-state index contributed by atoms with van der Waals surface area (Å²) in [6.45, 7) is 3.92. The van der Waals surface area contributed by atoms with Crippen LogP contribution in [0.3, 0.4) is 0 Å². The van der Waals surface area contributed by atoms with E-state index >= 15 is 0 Å². The topological polar surface area (TPSA) is 57.6 Å². The number of carboxylic acid groups (broad SMARTS) is 1. The minimum Gasteiger partial charge on any atom is -0.481 e. The quantitative estimate of drug-likeness (QED) is 0.851. The highest BCUT2D eigenvalue weighted by Crippen LogP contribution is 2.17. The molecule has 0 radical (unpaired) electrons. The lowest BCUT2D eigenvalue weighted by molar-refractivity contribution is -0.136. The number of rotatable bonds is 5. The van der Waals surface area contributed by atoms with Crippen molar-refractivity contribution < 1.29 is 14.7 Å². The number of amides is 1. The molecule has 0 atom stereocenters. The molecule has 0 aliphatic rings. The van der Waals surface area contributed by atoms with Crippen molar-refractivity contribution in [1.29, 1.82) is 0 Å². The number of hydrogen-bond acceptors (Lipinski definition) is 2. The first kappa shape index (κ1) is 13.2. The van der Waals surface area contributed by atoms with Crippen LogP contribution < -0.4 is 4.90 Å². The minimum absolute atomic E-state index is 0.0420. The van der Waals surface area contributed by atoms with Gasteiger partial charge < -0.3 is 10.0 Å². The SMILES string of the molecule is CCC(=O)N(CCC(=O)O)c1cccc(C)c1. The number of nitrogens with zero attached hydrogens (tertiary/aromatic N) is 1. The second-order valence-electron chi connectivity index (χ2n) is 3.88. The molecule has 1 N–H and O–H groups in total. The number of aliphatic carboxylic acids is 1. The Hall–Kier alpha value is -1.84. The lowest BCUT2D eigenvalue weighted by atomic mass is 10.2. The van der Waals surface area contributed by atoms with Crippen molar-refractivity contribution in [2.24, 2.45) is 0 Å². The van der Waals surface area contributed by atoms with E-state index in [1.54, 1.807) is 6.92 Å². The van der Waals surface area contributed by atoms with Crippen molar-refractivity contribution in [2.75, 3.05) is 11.4 Å². The van der Waals surface area contributed by atoms with Gasteiger partial charge in [0.1, 0.15) is 0 Å². The Morgan fingerprint density at radius 1 is 1.35 bits per heavy atom. The average molecular weight is 235 g/mol. The number of anilines is 1. The van der Waals surface area contributed by atoms with E-state index in [1.807, 2.05) is 31.2 Å². The third-order valence-electron chi connectivity index (χ3n) is 2.47. The van der Waals surface area contributed by atoms with E-state index in [4.69, 9.17) is 5.11 Å². The van der Waals surface area contributed by atoms with Crippen LogP contribution in [0, 0.1) is 6.92 Å². The summed E-state index contributed by atoms with van der Waals surface area (Å²) in [6.07, 6.45) is 0.327. The van der Waals surface area contributed by atoms with Crippen LogP contribution in [0.25, 0.3) is 0 Å². The molecule has 0 bridgehead atoms. The van der Waals surface area contributed by atoms with Gasteiger partial charge in [0.2, 0.25) is 5.91 Å². The van der Waals surface area contributed by atoms with Crippen molar-refractivity contribution in [3.8, 4) is 0 Å². The van der Waals surface area contributed by atoms with Crippen molar-refractivity contribution in [2.45, 2.75) is 26.7 Å². The van der Waals surface area contributed by atoms with E-state index in [0.717, 1.165) is 11.3 Å². The molecule has 1 aromatic rings. The number of benzene rings is 1. The first-order valence-corrected chi connectivity index (χ1v) is 5.63. The molecule has 0 heterocycles. The maximum Gasteiger partial charge on any atom is 0.305 e. The van der Waals surface area contributed by atoms with Crippen molar-refractivity contribution in [1.82, 2.24) is 0 Å². The van der Waals surface area contributed by atoms with E-state index in [9.17, 15) is 9.59 Å². The second-order valence-corrected chi connectivity index (χ2v) is 3.88. The van der Waals surface area contributed by atoms with Crippen LogP contribution in [0.4, 0.5) is 5.69 Å². The summed E-state index contributed by atoms with van der Waals surface area (Å²) in [5.74, 6) is -0.955. The lowest BCUT2D eigenvalue weighted by Gasteiger charge is -2.22. The first-order valence-electron chi connectivity index (χ1n) is 5.63. The van der Waals surface area contributed by atoms with Gasteiger partial charge in [0.15, 0.2) is 0 Å². The van der Waals surface area contributed by atoms with Crippen LogP contribution in [0.15, 0.2) is 24.3 Å². The zero-order valence-electron chi connectivity index (χ0n) is 10.1. The molecule has 4 heteroatoms. The summed E-state index contributed by atoms with van der Waals surface area (Å²) in [5.41, 5.74) is 1.81. The summed E-state index contributed by atoms with van der Waals surface area (Å²) in [4.78, 5) is 23.9. The molecule has 1 aromatic carbocycles. The van der Waals surface area contributed by atoms with E-state index in [1.165, 1.54) is 4.90 Å². The lowest BCUT2D eigenvalue weighted by Crippen LogP contribution is -2.32. The van der Waals surface area contributed by atoms with Crippen molar-refractivity contribution >= 4 is 17.6 Å². The van der Waals surface area contributed by atoms with Gasteiger partial charge in [-0.1, -0.05) is 19.1 Å². The highest BCUT2D eigenvalue weighted by atomic mass is 16.4. The predicted octanol–water partition coefficient (Wildman–Crippen LogP) is 2.21. The molecule has 1 amide bonds. The fourth-order valence-corrected chi connectivity index (χ4v) is 1.59. The number of hydrogen-bond donors (Lipinski definition) is 1. The van der Waals surface area contributed by atoms with Gasteiger partial charge in [-0.15, -0.1) is 0 Å². The van der Waals surface area contributed by atoms with Gasteiger partial charge in [0.05, 0.1) is 6.42 Å². The van der Waals surface area contributed by atoms with Crippen LogP contribution in [-0.2, 0) is 9.59 Å². The van der Waals surface area contributed by atoms with Gasteiger partial charge in [0.25, 0.3) is 0 Å². The molecule has 0 spiro atoms. The maximum absolute atomic E-state index is 11.8. The third-order valence-corrected chi connectivity index (χ3v) is 2.47. The molecular formula is C13H17NO3. The molecule has 92 valence electrons. The van der Waals surface area contributed by atoms with Crippen LogP contribution in [0.2, 0.25) is 0 Å². The fourth-order valence-electron chi connectivity index (χ4n) is 1.59. The Balaban J connectivity index is 2.89. The van der Waals surface area contributed by atoms with Gasteiger partial charge in [-0.2, -0.15) is 0 Å². The van der Waals surface area contributed by atoms with Crippen LogP contribution in [0.5, 0.6) is 0 Å². The Kier molecular flexibility index (Phi) is 4.69. The third kappa shape index (κ3) is 3.90. The Morgan fingerprint density at radius 2 is 2.06 bits per heavy atom. The van der Waals surface area contributed by atoms with Gasteiger partial charge in [-0.25, -0.2) is 0 Å². The maximum atomic E-state index is 11.8. The highest BCUT2D eigenvalue weighted by molar-refractivity contribution is 5.93. The molecule has 17 heavy (non-hydrogen) atoms. The Bertz CT molecular complexity index is 415. The number of carboxylic acids is 1. The molecule has 0 unspecified atom stereocenters. The normalized spacial score (nSPS) is 10.0. The van der Waals surface area contributed by atoms with Gasteiger partial charge in [0, 0.05) is 18.7 Å². The van der Waals surface area contributed by atoms with Crippen LogP contribution >= 0.6 is 0 Å². The highest BCUT2D eigenvalue weighted by Gasteiger charge is 2.14. The average Bonchev–Trinajstić information content (AvgIpc) is 2.28. The molecule has 0 saturated heterocycles. The van der Waals surface area contributed by atoms with Crippen molar-refractivity contribution in [3.05, 3.63) is 29.8 Å². The summed E-state index contributed by atoms with van der Waals surface area (Å²) in [7, 11) is 0. The monoisotopic (exact) mass is 235 g/mol. The largest absolute Gasteiger partial charge is 0.481 e. The smallest absolute Gasteiger partial charge is 0.305 e. The zero-order valence-corrected chi connectivity index (χ0v) is 10.1. The standard InChI is InChI=1S/C13H17NO3/c1-3-12(15)14(8-7-13(16)17)11-6-4-5-10(2)9-11/h4-6,9H,3,7-8H2,1-2H3,(H,16,17). The molecule has 0 aliphatic heterocycles. The van der Waals surface area contributed by atoms with E-state index in [0.29, 0.717) is 6.42 Å². The molecule has 0 fully saturated rings. The fraction of sp³-hybridized carbons (Fsp3) is 0.385. The summed E-state index contributed by atoms with van der Waals surface area (Å²) in [5, 5.41) is 8.68. The minimum atomic E-state index is -0.897. The summed E-state index contributed by atoms with van der Waals surface area (Å²) in [6, 6.07) is 7.51. The Morgan fingerprint density at radius 3 is 2.59 bits per heavy atom. The number of aryl methyl sites for hydroxylation is 1. The predicted molar refractivity (Wildman–Crippen MR) is 66.1 cm³/mol. The summed E-state index contributed by atoms with van der Waals surface area (Å²) >= 11 is 0. The first-order chi connectivity index (χ1) is 8.04. The molecule has 1 rings (SSSR count). The molecule has 0 saturated carbocycles. The van der Waals surface area contributed by atoms with Crippen LogP contribution in [0.1, 0.15) is 25.3 Å². The van der Waals surface area contributed by atoms with Gasteiger partial charge in [-0.05, 0) is 24.6 Å². The molecule has 0 aliphatic carbocycles. The van der Waals surface area contributed by atoms with Crippen molar-refractivity contribution in [3.63, 3.8) is 0 Å². The van der Waals surface area contributed by atoms with Gasteiger partial charge in [-0.3, -0.25) is 9.59 Å². The molecule has 4 nitrogen and oxygen atoms in total. The molecule has 0 aromatic heterocycles. The van der Waals surface area contributed by atoms with Gasteiger partial charge >= 0.3 is 5.97 Å². The second kappa shape index (κ2) is 6.03. The van der Waals surface area contributed by atoms with E-state index in [2.05, 4.69) is 0 Å². The molecular weight excluding hydrogens is 218 g/mol. The van der Waals surface area contributed by atoms with Crippen LogP contribution in [-0.4, -0.2) is 23.5 Å². The van der Waals surface area contributed by atoms with E-state index < -0.39 is 5.97 Å². The Labute approximate surface area is 101 Å². The number of carbonyl (C=O) groups is 2. The zero-order chi connectivity index (χ0) is 12.8. The number of carbonyl (C=O) groups excluding carboxylic acids is 1. The van der Waals surface area contributed by atoms with E-state index in [-0.39, 0.29) is 18.9 Å². The summed E-state index contributed by atoms with van der Waals surface area (Å²) < 4.78 is 0.